The van der Waals surface area contributed by atoms with Gasteiger partial charge in [0.15, 0.2) is 11.6 Å². The molecule has 1 saturated carbocycles. The molecule has 0 spiro atoms. The summed E-state index contributed by atoms with van der Waals surface area (Å²) >= 11 is 0. The second kappa shape index (κ2) is 5.65. The number of hydrogen-bond donors (Lipinski definition) is 1. The molecule has 0 radical (unpaired) electrons. The average molecular weight is 294 g/mol. The smallest absolute Gasteiger partial charge is 0.159 e. The largest absolute Gasteiger partial charge is 0.309 e. The topological polar surface area (TPSA) is 15.3 Å². The average Bonchev–Trinajstić information content (AvgIpc) is 3.28. The first kappa shape index (κ1) is 14.9. The zero-order valence-electron chi connectivity index (χ0n) is 12.8. The predicted molar refractivity (Wildman–Crippen MR) is 80.0 cm³/mol. The van der Waals surface area contributed by atoms with E-state index in [0.29, 0.717) is 12.6 Å². The number of halogens is 2. The fourth-order valence-corrected chi connectivity index (χ4v) is 3.33. The third-order valence-corrected chi connectivity index (χ3v) is 5.08. The van der Waals surface area contributed by atoms with Crippen LogP contribution in [0.15, 0.2) is 18.2 Å². The second-order valence-electron chi connectivity index (χ2n) is 6.85. The Morgan fingerprint density at radius 1 is 1.29 bits per heavy atom. The van der Waals surface area contributed by atoms with Gasteiger partial charge in [-0.3, -0.25) is 4.90 Å². The normalized spacial score (nSPS) is 30.6. The molecule has 1 N–H and O–H groups in total. The molecule has 21 heavy (non-hydrogen) atoms. The summed E-state index contributed by atoms with van der Waals surface area (Å²) in [6, 6.07) is 4.80. The molecule has 1 aromatic rings. The van der Waals surface area contributed by atoms with E-state index in [0.717, 1.165) is 31.0 Å². The van der Waals surface area contributed by atoms with Gasteiger partial charge in [0.25, 0.3) is 0 Å². The maximum absolute atomic E-state index is 13.4. The SMILES string of the molecule is CCC1(C)CN(Cc2ccc(F)c(F)c2)C(C2CC2)CN1. The van der Waals surface area contributed by atoms with E-state index in [9.17, 15) is 8.78 Å². The van der Waals surface area contributed by atoms with Crippen LogP contribution in [0.1, 0.15) is 38.7 Å². The minimum atomic E-state index is -0.767. The molecule has 1 aliphatic heterocycles. The highest BCUT2D eigenvalue weighted by Crippen LogP contribution is 2.38. The van der Waals surface area contributed by atoms with Crippen molar-refractivity contribution in [2.24, 2.45) is 5.92 Å². The fourth-order valence-electron chi connectivity index (χ4n) is 3.33. The minimum Gasteiger partial charge on any atom is -0.309 e. The van der Waals surface area contributed by atoms with Crippen LogP contribution in [-0.2, 0) is 6.54 Å². The molecule has 0 bridgehead atoms. The molecule has 2 unspecified atom stereocenters. The van der Waals surface area contributed by atoms with Crippen LogP contribution in [0.5, 0.6) is 0 Å². The summed E-state index contributed by atoms with van der Waals surface area (Å²) in [6.45, 7) is 7.10. The van der Waals surface area contributed by atoms with E-state index in [1.807, 2.05) is 0 Å². The molecule has 1 aliphatic carbocycles. The highest BCUT2D eigenvalue weighted by Gasteiger charge is 2.41. The molecule has 0 amide bonds. The Bertz CT molecular complexity index is 516. The third kappa shape index (κ3) is 3.27. The highest BCUT2D eigenvalue weighted by atomic mass is 19.2. The van der Waals surface area contributed by atoms with E-state index in [1.54, 1.807) is 6.07 Å². The Hall–Kier alpha value is -1.00. The van der Waals surface area contributed by atoms with Gasteiger partial charge >= 0.3 is 0 Å². The van der Waals surface area contributed by atoms with Gasteiger partial charge in [0.05, 0.1) is 0 Å². The van der Waals surface area contributed by atoms with E-state index in [2.05, 4.69) is 24.1 Å². The van der Waals surface area contributed by atoms with Crippen LogP contribution in [0.3, 0.4) is 0 Å². The van der Waals surface area contributed by atoms with Crippen molar-refractivity contribution in [1.29, 1.82) is 0 Å². The fraction of sp³-hybridized carbons (Fsp3) is 0.647. The summed E-state index contributed by atoms with van der Waals surface area (Å²) in [7, 11) is 0. The monoisotopic (exact) mass is 294 g/mol. The minimum absolute atomic E-state index is 0.115. The molecule has 4 heteroatoms. The van der Waals surface area contributed by atoms with Gasteiger partial charge in [0.2, 0.25) is 0 Å². The Labute approximate surface area is 125 Å². The third-order valence-electron chi connectivity index (χ3n) is 5.08. The quantitative estimate of drug-likeness (QED) is 0.916. The van der Waals surface area contributed by atoms with Crippen LogP contribution in [-0.4, -0.2) is 29.6 Å². The number of piperazine rings is 1. The zero-order chi connectivity index (χ0) is 15.0. The molecular formula is C17H24F2N2. The maximum atomic E-state index is 13.4. The van der Waals surface area contributed by atoms with Gasteiger partial charge in [-0.05, 0) is 49.8 Å². The van der Waals surface area contributed by atoms with E-state index in [-0.39, 0.29) is 5.54 Å². The lowest BCUT2D eigenvalue weighted by atomic mass is 9.91. The first-order valence-electron chi connectivity index (χ1n) is 7.94. The number of nitrogens with one attached hydrogen (secondary N) is 1. The first-order valence-corrected chi connectivity index (χ1v) is 7.94. The number of nitrogens with zero attached hydrogens (tertiary/aromatic N) is 1. The van der Waals surface area contributed by atoms with Gasteiger partial charge in [0, 0.05) is 31.2 Å². The van der Waals surface area contributed by atoms with Crippen LogP contribution >= 0.6 is 0 Å². The number of hydrogen-bond acceptors (Lipinski definition) is 2. The van der Waals surface area contributed by atoms with Crippen LogP contribution < -0.4 is 5.32 Å². The lowest BCUT2D eigenvalue weighted by molar-refractivity contribution is 0.0661. The molecule has 1 saturated heterocycles. The maximum Gasteiger partial charge on any atom is 0.159 e. The molecule has 2 nitrogen and oxygen atoms in total. The van der Waals surface area contributed by atoms with Crippen LogP contribution in [0.25, 0.3) is 0 Å². The molecular weight excluding hydrogens is 270 g/mol. The second-order valence-corrected chi connectivity index (χ2v) is 6.85. The molecule has 1 aromatic carbocycles. The Kier molecular flexibility index (Phi) is 4.02. The van der Waals surface area contributed by atoms with Gasteiger partial charge in [-0.2, -0.15) is 0 Å². The van der Waals surface area contributed by atoms with Crippen molar-refractivity contribution in [2.75, 3.05) is 13.1 Å². The standard InChI is InChI=1S/C17H24F2N2/c1-3-17(2)11-21(16(9-20-17)13-5-6-13)10-12-4-7-14(18)15(19)8-12/h4,7-8,13,16,20H,3,5-6,9-11H2,1-2H3. The zero-order valence-corrected chi connectivity index (χ0v) is 12.8. The predicted octanol–water partition coefficient (Wildman–Crippen LogP) is 3.32. The summed E-state index contributed by atoms with van der Waals surface area (Å²) in [5.41, 5.74) is 0.976. The highest BCUT2D eigenvalue weighted by molar-refractivity contribution is 5.18. The molecule has 2 atom stereocenters. The Balaban J connectivity index is 1.76. The van der Waals surface area contributed by atoms with Crippen molar-refractivity contribution in [3.63, 3.8) is 0 Å². The summed E-state index contributed by atoms with van der Waals surface area (Å²) in [6.07, 6.45) is 3.66. The Morgan fingerprint density at radius 2 is 2.05 bits per heavy atom. The van der Waals surface area contributed by atoms with Gasteiger partial charge in [-0.1, -0.05) is 13.0 Å². The number of rotatable bonds is 4. The van der Waals surface area contributed by atoms with Crippen molar-refractivity contribution in [1.82, 2.24) is 10.2 Å². The van der Waals surface area contributed by atoms with E-state index < -0.39 is 11.6 Å². The van der Waals surface area contributed by atoms with Crippen molar-refractivity contribution in [3.05, 3.63) is 35.4 Å². The van der Waals surface area contributed by atoms with Gasteiger partial charge in [-0.15, -0.1) is 0 Å². The van der Waals surface area contributed by atoms with Gasteiger partial charge in [0.1, 0.15) is 0 Å². The van der Waals surface area contributed by atoms with E-state index in [1.165, 1.54) is 25.0 Å². The van der Waals surface area contributed by atoms with Crippen LogP contribution in [0, 0.1) is 17.6 Å². The lowest BCUT2D eigenvalue weighted by Crippen LogP contribution is -2.62. The summed E-state index contributed by atoms with van der Waals surface area (Å²) < 4.78 is 26.5. The molecule has 2 fully saturated rings. The van der Waals surface area contributed by atoms with Crippen molar-refractivity contribution in [2.45, 2.75) is 51.2 Å². The van der Waals surface area contributed by atoms with Crippen LogP contribution in [0.4, 0.5) is 8.78 Å². The van der Waals surface area contributed by atoms with Gasteiger partial charge < -0.3 is 5.32 Å². The lowest BCUT2D eigenvalue weighted by Gasteiger charge is -2.46. The Morgan fingerprint density at radius 3 is 2.67 bits per heavy atom. The number of benzene rings is 1. The van der Waals surface area contributed by atoms with Crippen molar-refractivity contribution < 1.29 is 8.78 Å². The molecule has 3 rings (SSSR count). The molecule has 2 aliphatic rings. The summed E-state index contributed by atoms with van der Waals surface area (Å²) in [5, 5.41) is 3.68. The molecule has 116 valence electrons. The first-order chi connectivity index (χ1) is 10.0. The van der Waals surface area contributed by atoms with E-state index in [4.69, 9.17) is 0 Å². The van der Waals surface area contributed by atoms with Crippen molar-refractivity contribution in [3.8, 4) is 0 Å². The van der Waals surface area contributed by atoms with Gasteiger partial charge in [-0.25, -0.2) is 8.78 Å². The van der Waals surface area contributed by atoms with E-state index >= 15 is 0 Å². The van der Waals surface area contributed by atoms with Crippen molar-refractivity contribution >= 4 is 0 Å². The van der Waals surface area contributed by atoms with Crippen LogP contribution in [0.2, 0.25) is 0 Å². The summed E-state index contributed by atoms with van der Waals surface area (Å²) in [5.74, 6) is -0.746. The summed E-state index contributed by atoms with van der Waals surface area (Å²) in [4.78, 5) is 2.46. The molecule has 0 aromatic heterocycles. The molecule has 1 heterocycles.